The number of hydrogen-bond acceptors (Lipinski definition) is 4. The Morgan fingerprint density at radius 2 is 0.919 bits per heavy atom. The van der Waals surface area contributed by atoms with Crippen LogP contribution in [0.15, 0.2) is 126 Å². The lowest BCUT2D eigenvalue weighted by Gasteiger charge is -2.36. The zero-order valence-corrected chi connectivity index (χ0v) is 22.9. The number of rotatable bonds is 4. The number of hydrogen-bond donors (Lipinski definition) is 1. The van der Waals surface area contributed by atoms with E-state index >= 15 is 0 Å². The van der Waals surface area contributed by atoms with Crippen LogP contribution in [-0.2, 0) is 11.1 Å². The Balaban J connectivity index is 1.65. The molecule has 0 aliphatic carbocycles. The van der Waals surface area contributed by atoms with Crippen LogP contribution in [0.25, 0.3) is 0 Å². The van der Waals surface area contributed by atoms with E-state index in [9.17, 15) is 0 Å². The van der Waals surface area contributed by atoms with E-state index in [4.69, 9.17) is 4.74 Å². The first-order valence-electron chi connectivity index (χ1n) is 13.1. The van der Waals surface area contributed by atoms with Crippen LogP contribution in [0.3, 0.4) is 0 Å². The lowest BCUT2D eigenvalue weighted by atomic mass is 9.78. The Morgan fingerprint density at radius 3 is 1.32 bits per heavy atom. The minimum absolute atomic E-state index is 0.148. The molecule has 188 valence electrons. The molecule has 4 aromatic carbocycles. The van der Waals surface area contributed by atoms with Crippen LogP contribution in [0.4, 0.5) is 0 Å². The van der Waals surface area contributed by atoms with Gasteiger partial charge in [-0.1, -0.05) is 121 Å². The highest BCUT2D eigenvalue weighted by Gasteiger charge is 2.62. The zero-order valence-electron chi connectivity index (χ0n) is 22.0. The summed E-state index contributed by atoms with van der Waals surface area (Å²) in [6, 6.07) is 43.8. The largest absolute Gasteiger partial charge is 0.244 e. The van der Waals surface area contributed by atoms with Gasteiger partial charge in [0.1, 0.15) is 5.54 Å². The smallest absolute Gasteiger partial charge is 0.167 e. The molecule has 1 N–H and O–H groups in total. The van der Waals surface area contributed by atoms with Gasteiger partial charge in [-0.05, 0) is 50.2 Å². The summed E-state index contributed by atoms with van der Waals surface area (Å²) in [5, 5.41) is 4.28. The fourth-order valence-electron chi connectivity index (χ4n) is 6.54. The highest BCUT2D eigenvalue weighted by molar-refractivity contribution is 7.60. The van der Waals surface area contributed by atoms with Crippen molar-refractivity contribution in [3.05, 3.63) is 144 Å². The molecule has 0 saturated carbocycles. The lowest BCUT2D eigenvalue weighted by Crippen LogP contribution is -2.46. The van der Waals surface area contributed by atoms with Gasteiger partial charge in [-0.15, -0.1) is 0 Å². The summed E-state index contributed by atoms with van der Waals surface area (Å²) in [6.07, 6.45) is 0. The summed E-state index contributed by atoms with van der Waals surface area (Å²) >= 11 is 0. The Labute approximate surface area is 221 Å². The molecule has 0 radical (unpaired) electrons. The summed E-state index contributed by atoms with van der Waals surface area (Å²) in [6.45, 7) is 4.68. The third kappa shape index (κ3) is 3.37. The maximum atomic E-state index is 5.98. The van der Waals surface area contributed by atoms with Crippen molar-refractivity contribution < 1.29 is 0 Å². The Hall–Kier alpha value is -3.01. The van der Waals surface area contributed by atoms with Gasteiger partial charge < -0.3 is 0 Å². The third-order valence-electron chi connectivity index (χ3n) is 8.74. The molecule has 6 rings (SSSR count). The van der Waals surface area contributed by atoms with E-state index < -0.39 is 18.6 Å². The molecule has 0 amide bonds. The van der Waals surface area contributed by atoms with E-state index in [0.717, 1.165) is 0 Å². The Bertz CT molecular complexity index is 1340. The summed E-state index contributed by atoms with van der Waals surface area (Å²) in [7, 11) is 2.17. The second-order valence-corrected chi connectivity index (χ2v) is 13.1. The maximum Gasteiger partial charge on any atom is 0.167 e. The number of benzene rings is 4. The summed E-state index contributed by atoms with van der Waals surface area (Å²) in [4.78, 5) is 0. The van der Waals surface area contributed by atoms with E-state index in [-0.39, 0.29) is 12.1 Å². The Kier molecular flexibility index (Phi) is 5.97. The van der Waals surface area contributed by atoms with Crippen LogP contribution >= 0.6 is 7.51 Å². The first kappa shape index (κ1) is 24.3. The van der Waals surface area contributed by atoms with Gasteiger partial charge in [0, 0.05) is 12.1 Å². The molecule has 3 unspecified atom stereocenters. The van der Waals surface area contributed by atoms with Gasteiger partial charge in [-0.2, -0.15) is 0 Å². The van der Waals surface area contributed by atoms with Crippen molar-refractivity contribution in [3.8, 4) is 0 Å². The average molecular weight is 507 g/mol. The van der Waals surface area contributed by atoms with Gasteiger partial charge in [-0.3, -0.25) is 0 Å². The van der Waals surface area contributed by atoms with Crippen molar-refractivity contribution in [1.29, 1.82) is 0 Å². The molecule has 1 fully saturated rings. The van der Waals surface area contributed by atoms with Crippen molar-refractivity contribution >= 4 is 7.51 Å². The van der Waals surface area contributed by atoms with Crippen LogP contribution in [-0.4, -0.2) is 35.5 Å². The highest BCUT2D eigenvalue weighted by atomic mass is 31.2. The standard InChI is InChI=1S/C32H35N4P/c1-25-31(27-17-9-5-10-18-27,28-19-11-6-12-20-28)33-37(35(25)3)34-32(26(2)36(37)4,29-21-13-7-14-22-29)30-23-15-8-16-24-30/h5-26,33H,1-4H3. The molecule has 2 aliphatic rings. The van der Waals surface area contributed by atoms with Crippen molar-refractivity contribution in [1.82, 2.24) is 14.4 Å². The average Bonchev–Trinajstić information content (AvgIpc) is 3.34. The first-order chi connectivity index (χ1) is 18.0. The quantitative estimate of drug-likeness (QED) is 0.300. The van der Waals surface area contributed by atoms with Gasteiger partial charge in [0.05, 0.1) is 5.54 Å². The highest BCUT2D eigenvalue weighted by Crippen LogP contribution is 2.71. The monoisotopic (exact) mass is 506 g/mol. The minimum Gasteiger partial charge on any atom is -0.244 e. The van der Waals surface area contributed by atoms with E-state index in [1.165, 1.54) is 22.3 Å². The molecule has 2 aliphatic heterocycles. The van der Waals surface area contributed by atoms with Crippen LogP contribution in [0.2, 0.25) is 0 Å². The van der Waals surface area contributed by atoms with Crippen LogP contribution in [0.5, 0.6) is 0 Å². The van der Waals surface area contributed by atoms with E-state index in [1.54, 1.807) is 0 Å². The van der Waals surface area contributed by atoms with Crippen molar-refractivity contribution in [2.24, 2.45) is 4.74 Å². The third-order valence-corrected chi connectivity index (χ3v) is 12.4. The lowest BCUT2D eigenvalue weighted by molar-refractivity contribution is 0.305. The Morgan fingerprint density at radius 1 is 0.568 bits per heavy atom. The van der Waals surface area contributed by atoms with Crippen LogP contribution in [0.1, 0.15) is 36.1 Å². The van der Waals surface area contributed by atoms with Crippen molar-refractivity contribution in [3.63, 3.8) is 0 Å². The van der Waals surface area contributed by atoms with Gasteiger partial charge in [0.25, 0.3) is 0 Å². The first-order valence-corrected chi connectivity index (χ1v) is 14.7. The zero-order chi connectivity index (χ0) is 25.7. The molecule has 0 bridgehead atoms. The van der Waals surface area contributed by atoms with E-state index in [1.807, 2.05) is 0 Å². The maximum absolute atomic E-state index is 5.98. The second-order valence-electron chi connectivity index (χ2n) is 10.3. The number of likely N-dealkylation sites (N-methyl/N-ethyl adjacent to an activating group) is 2. The molecule has 3 atom stereocenters. The molecule has 4 nitrogen and oxygen atoms in total. The molecule has 2 heterocycles. The fourth-order valence-corrected chi connectivity index (χ4v) is 10.7. The number of nitrogens with zero attached hydrogens (tertiary/aromatic N) is 3. The fraction of sp³-hybridized carbons (Fsp3) is 0.250. The molecule has 0 aromatic heterocycles. The van der Waals surface area contributed by atoms with Crippen molar-refractivity contribution in [2.45, 2.75) is 37.0 Å². The molecular weight excluding hydrogens is 471 g/mol. The SMILES string of the molecule is CC1N(C)P2(=NC1(c1ccccc1)c1ccccc1)NC(c1ccccc1)(c1ccccc1)C(C)N2C. The summed E-state index contributed by atoms with van der Waals surface area (Å²) in [5.74, 6) is 0. The van der Waals surface area contributed by atoms with E-state index in [2.05, 4.69) is 164 Å². The normalized spacial score (nSPS) is 26.8. The van der Waals surface area contributed by atoms with Gasteiger partial charge in [-0.25, -0.2) is 19.2 Å². The van der Waals surface area contributed by atoms with Gasteiger partial charge in [0.15, 0.2) is 7.51 Å². The van der Waals surface area contributed by atoms with Crippen molar-refractivity contribution in [2.75, 3.05) is 14.1 Å². The van der Waals surface area contributed by atoms with Gasteiger partial charge in [0.2, 0.25) is 0 Å². The van der Waals surface area contributed by atoms with Crippen LogP contribution < -0.4 is 5.09 Å². The van der Waals surface area contributed by atoms with Crippen LogP contribution in [0, 0.1) is 0 Å². The minimum atomic E-state index is -2.36. The molecule has 4 aromatic rings. The predicted molar refractivity (Wildman–Crippen MR) is 154 cm³/mol. The van der Waals surface area contributed by atoms with E-state index in [0.29, 0.717) is 0 Å². The summed E-state index contributed by atoms with van der Waals surface area (Å²) in [5.41, 5.74) is 4.12. The number of nitrogens with one attached hydrogen (secondary N) is 1. The predicted octanol–water partition coefficient (Wildman–Crippen LogP) is 7.08. The second kappa shape index (κ2) is 9.08. The molecule has 1 saturated heterocycles. The van der Waals surface area contributed by atoms with Gasteiger partial charge >= 0.3 is 0 Å². The topological polar surface area (TPSA) is 30.9 Å². The summed E-state index contributed by atoms with van der Waals surface area (Å²) < 4.78 is 11.1. The molecule has 37 heavy (non-hydrogen) atoms. The molecule has 5 heteroatoms. The molecule has 1 spiro atoms. The molecular formula is C32H35N4P.